The second kappa shape index (κ2) is 6.24. The van der Waals surface area contributed by atoms with Crippen molar-refractivity contribution in [2.75, 3.05) is 13.1 Å². The molecule has 0 saturated carbocycles. The molecule has 0 atom stereocenters. The fraction of sp³-hybridized carbons (Fsp3) is 0.545. The van der Waals surface area contributed by atoms with Gasteiger partial charge in [-0.2, -0.15) is 0 Å². The molecule has 80 valence electrons. The number of nitrogens with two attached hydrogens (primary N) is 1. The average Bonchev–Trinajstić information content (AvgIpc) is 2.24. The van der Waals surface area contributed by atoms with Gasteiger partial charge in [-0.25, -0.2) is 0 Å². The van der Waals surface area contributed by atoms with Crippen LogP contribution in [0.5, 0.6) is 0 Å². The molecule has 0 aromatic rings. The summed E-state index contributed by atoms with van der Waals surface area (Å²) in [6.07, 6.45) is 2.13. The molecular weight excluding hydrogens is 176 g/mol. The number of nitrogens with zero attached hydrogens (tertiary/aromatic N) is 1. The Morgan fingerprint density at radius 1 is 1.57 bits per heavy atom. The fourth-order valence-corrected chi connectivity index (χ4v) is 1.25. The third-order valence-electron chi connectivity index (χ3n) is 2.11. The maximum atomic E-state index is 11.2. The Hall–Kier alpha value is -1.25. The minimum atomic E-state index is -0.0122. The Bertz CT molecular complexity index is 244. The quantitative estimate of drug-likeness (QED) is 0.648. The SMILES string of the molecule is C=CC(=O)N1CCC(N)=C(C)C1.CC. The summed E-state index contributed by atoms with van der Waals surface area (Å²) in [6, 6.07) is 0. The molecular formula is C11H20N2O. The molecule has 14 heavy (non-hydrogen) atoms. The van der Waals surface area contributed by atoms with Crippen molar-refractivity contribution in [1.29, 1.82) is 0 Å². The largest absolute Gasteiger partial charge is 0.402 e. The predicted octanol–water partition coefficient (Wildman–Crippen LogP) is 1.66. The molecule has 0 aromatic carbocycles. The van der Waals surface area contributed by atoms with Crippen LogP contribution in [0, 0.1) is 0 Å². The van der Waals surface area contributed by atoms with Crippen LogP contribution in [-0.4, -0.2) is 23.9 Å². The molecule has 0 aliphatic carbocycles. The smallest absolute Gasteiger partial charge is 0.246 e. The Kier molecular flexibility index (Phi) is 5.68. The Labute approximate surface area is 86.3 Å². The van der Waals surface area contributed by atoms with Crippen LogP contribution < -0.4 is 5.73 Å². The van der Waals surface area contributed by atoms with E-state index in [1.807, 2.05) is 20.8 Å². The molecule has 0 aromatic heterocycles. The van der Waals surface area contributed by atoms with Crippen molar-refractivity contribution in [2.45, 2.75) is 27.2 Å². The number of amides is 1. The first-order chi connectivity index (χ1) is 6.65. The second-order valence-electron chi connectivity index (χ2n) is 3.02. The third kappa shape index (κ3) is 3.24. The van der Waals surface area contributed by atoms with Gasteiger partial charge in [-0.05, 0) is 18.6 Å². The van der Waals surface area contributed by atoms with Crippen molar-refractivity contribution in [1.82, 2.24) is 4.90 Å². The lowest BCUT2D eigenvalue weighted by atomic mass is 10.1. The van der Waals surface area contributed by atoms with Crippen LogP contribution >= 0.6 is 0 Å². The average molecular weight is 196 g/mol. The highest BCUT2D eigenvalue weighted by Crippen LogP contribution is 2.13. The lowest BCUT2D eigenvalue weighted by molar-refractivity contribution is -0.125. The number of rotatable bonds is 1. The number of hydrogen-bond acceptors (Lipinski definition) is 2. The Balaban J connectivity index is 0.000000791. The molecule has 3 heteroatoms. The highest BCUT2D eigenvalue weighted by Gasteiger charge is 2.16. The summed E-state index contributed by atoms with van der Waals surface area (Å²) >= 11 is 0. The van der Waals surface area contributed by atoms with E-state index in [0.29, 0.717) is 13.1 Å². The van der Waals surface area contributed by atoms with Crippen LogP contribution in [0.1, 0.15) is 27.2 Å². The zero-order valence-electron chi connectivity index (χ0n) is 9.34. The fourth-order valence-electron chi connectivity index (χ4n) is 1.25. The van der Waals surface area contributed by atoms with Crippen molar-refractivity contribution in [3.63, 3.8) is 0 Å². The van der Waals surface area contributed by atoms with Crippen LogP contribution in [0.3, 0.4) is 0 Å². The van der Waals surface area contributed by atoms with Gasteiger partial charge in [0.25, 0.3) is 0 Å². The summed E-state index contributed by atoms with van der Waals surface area (Å²) in [5, 5.41) is 0. The second-order valence-corrected chi connectivity index (χ2v) is 3.02. The summed E-state index contributed by atoms with van der Waals surface area (Å²) in [5.41, 5.74) is 7.71. The topological polar surface area (TPSA) is 46.3 Å². The molecule has 1 aliphatic heterocycles. The number of carbonyl (C=O) groups is 1. The minimum Gasteiger partial charge on any atom is -0.402 e. The minimum absolute atomic E-state index is 0.0122. The van der Waals surface area contributed by atoms with E-state index in [-0.39, 0.29) is 5.91 Å². The van der Waals surface area contributed by atoms with Gasteiger partial charge in [-0.3, -0.25) is 4.79 Å². The standard InChI is InChI=1S/C9H14N2O.C2H6/c1-3-9(12)11-5-4-8(10)7(2)6-11;1-2/h3H,1,4-6,10H2,2H3;1-2H3. The van der Waals surface area contributed by atoms with Gasteiger partial charge in [-0.15, -0.1) is 0 Å². The van der Waals surface area contributed by atoms with E-state index in [1.165, 1.54) is 6.08 Å². The van der Waals surface area contributed by atoms with Crippen molar-refractivity contribution in [3.05, 3.63) is 23.9 Å². The van der Waals surface area contributed by atoms with E-state index in [1.54, 1.807) is 4.90 Å². The summed E-state index contributed by atoms with van der Waals surface area (Å²) in [7, 11) is 0. The van der Waals surface area contributed by atoms with Gasteiger partial charge in [0.05, 0.1) is 0 Å². The summed E-state index contributed by atoms with van der Waals surface area (Å²) in [5.74, 6) is -0.0122. The van der Waals surface area contributed by atoms with E-state index in [2.05, 4.69) is 6.58 Å². The molecule has 0 fully saturated rings. The molecule has 1 rings (SSSR count). The van der Waals surface area contributed by atoms with E-state index in [4.69, 9.17) is 5.73 Å². The van der Waals surface area contributed by atoms with Gasteiger partial charge in [0.15, 0.2) is 0 Å². The van der Waals surface area contributed by atoms with Crippen molar-refractivity contribution in [2.24, 2.45) is 5.73 Å². The van der Waals surface area contributed by atoms with E-state index in [0.717, 1.165) is 17.7 Å². The molecule has 0 spiro atoms. The zero-order valence-corrected chi connectivity index (χ0v) is 9.34. The van der Waals surface area contributed by atoms with Crippen molar-refractivity contribution >= 4 is 5.91 Å². The molecule has 3 nitrogen and oxygen atoms in total. The third-order valence-corrected chi connectivity index (χ3v) is 2.11. The molecule has 1 heterocycles. The monoisotopic (exact) mass is 196 g/mol. The first-order valence-electron chi connectivity index (χ1n) is 5.00. The van der Waals surface area contributed by atoms with Gasteiger partial charge in [0.1, 0.15) is 0 Å². The number of hydrogen-bond donors (Lipinski definition) is 1. The molecule has 0 unspecified atom stereocenters. The lowest BCUT2D eigenvalue weighted by Gasteiger charge is -2.27. The zero-order chi connectivity index (χ0) is 11.1. The molecule has 0 bridgehead atoms. The highest BCUT2D eigenvalue weighted by molar-refractivity contribution is 5.87. The maximum absolute atomic E-state index is 11.2. The van der Waals surface area contributed by atoms with Crippen molar-refractivity contribution in [3.8, 4) is 0 Å². The van der Waals surface area contributed by atoms with Crippen LogP contribution in [0.4, 0.5) is 0 Å². The van der Waals surface area contributed by atoms with Gasteiger partial charge in [0, 0.05) is 25.2 Å². The number of carbonyl (C=O) groups excluding carboxylic acids is 1. The highest BCUT2D eigenvalue weighted by atomic mass is 16.2. The summed E-state index contributed by atoms with van der Waals surface area (Å²) in [6.45, 7) is 10.8. The van der Waals surface area contributed by atoms with Gasteiger partial charge in [0.2, 0.25) is 5.91 Å². The predicted molar refractivity (Wildman–Crippen MR) is 59.6 cm³/mol. The Morgan fingerprint density at radius 2 is 2.14 bits per heavy atom. The van der Waals surface area contributed by atoms with E-state index in [9.17, 15) is 4.79 Å². The first-order valence-corrected chi connectivity index (χ1v) is 5.00. The van der Waals surface area contributed by atoms with Gasteiger partial charge < -0.3 is 10.6 Å². The van der Waals surface area contributed by atoms with Gasteiger partial charge in [-0.1, -0.05) is 20.4 Å². The maximum Gasteiger partial charge on any atom is 0.246 e. The summed E-state index contributed by atoms with van der Waals surface area (Å²) in [4.78, 5) is 12.9. The van der Waals surface area contributed by atoms with Crippen LogP contribution in [0.15, 0.2) is 23.9 Å². The molecule has 2 N–H and O–H groups in total. The van der Waals surface area contributed by atoms with Crippen LogP contribution in [0.25, 0.3) is 0 Å². The molecule has 0 radical (unpaired) electrons. The summed E-state index contributed by atoms with van der Waals surface area (Å²) < 4.78 is 0. The van der Waals surface area contributed by atoms with E-state index < -0.39 is 0 Å². The molecule has 0 saturated heterocycles. The lowest BCUT2D eigenvalue weighted by Crippen LogP contribution is -2.36. The van der Waals surface area contributed by atoms with E-state index >= 15 is 0 Å². The molecule has 1 amide bonds. The van der Waals surface area contributed by atoms with Crippen LogP contribution in [0.2, 0.25) is 0 Å². The van der Waals surface area contributed by atoms with Gasteiger partial charge >= 0.3 is 0 Å². The Morgan fingerprint density at radius 3 is 2.57 bits per heavy atom. The normalized spacial score (nSPS) is 15.8. The van der Waals surface area contributed by atoms with Crippen LogP contribution in [-0.2, 0) is 4.79 Å². The first kappa shape index (κ1) is 12.8. The molecule has 1 aliphatic rings. The van der Waals surface area contributed by atoms with Crippen molar-refractivity contribution < 1.29 is 4.79 Å².